The van der Waals surface area contributed by atoms with Crippen molar-refractivity contribution in [1.29, 1.82) is 0 Å². The van der Waals surface area contributed by atoms with Crippen molar-refractivity contribution in [2.75, 3.05) is 58.3 Å². The molecule has 9 heteroatoms. The van der Waals surface area contributed by atoms with Crippen LogP contribution in [-0.4, -0.2) is 95.5 Å². The van der Waals surface area contributed by atoms with Gasteiger partial charge in [0.1, 0.15) is 0 Å². The van der Waals surface area contributed by atoms with E-state index in [1.165, 1.54) is 0 Å². The number of ether oxygens (including phenoxy) is 1. The van der Waals surface area contributed by atoms with Crippen molar-refractivity contribution in [3.05, 3.63) is 18.0 Å². The van der Waals surface area contributed by atoms with Crippen LogP contribution in [0.25, 0.3) is 11.0 Å². The SMILES string of the molecule is CCn1ncc2c(NC3CCOCC3)c(C(=O)NC(C)CN3CCN(C)CC3)cnc21. The lowest BCUT2D eigenvalue weighted by Gasteiger charge is -2.34. The van der Waals surface area contributed by atoms with Crippen LogP contribution in [0, 0.1) is 0 Å². The molecule has 2 saturated heterocycles. The van der Waals surface area contributed by atoms with Gasteiger partial charge in [-0.15, -0.1) is 0 Å². The molecule has 4 heterocycles. The van der Waals surface area contributed by atoms with Crippen molar-refractivity contribution in [3.63, 3.8) is 0 Å². The smallest absolute Gasteiger partial charge is 0.255 e. The van der Waals surface area contributed by atoms with Crippen LogP contribution < -0.4 is 10.6 Å². The van der Waals surface area contributed by atoms with Gasteiger partial charge in [0.2, 0.25) is 0 Å². The largest absolute Gasteiger partial charge is 0.381 e. The first-order chi connectivity index (χ1) is 15.0. The Kier molecular flexibility index (Phi) is 7.04. The zero-order valence-corrected chi connectivity index (χ0v) is 18.9. The van der Waals surface area contributed by atoms with Crippen LogP contribution in [0.3, 0.4) is 0 Å². The summed E-state index contributed by atoms with van der Waals surface area (Å²) in [5, 5.41) is 12.2. The van der Waals surface area contributed by atoms with E-state index in [1.807, 2.05) is 17.8 Å². The number of likely N-dealkylation sites (N-methyl/N-ethyl adjacent to an activating group) is 1. The zero-order chi connectivity index (χ0) is 21.8. The number of fused-ring (bicyclic) bond motifs is 1. The van der Waals surface area contributed by atoms with Gasteiger partial charge in [0.15, 0.2) is 5.65 Å². The van der Waals surface area contributed by atoms with E-state index in [1.54, 1.807) is 6.20 Å². The topological polar surface area (TPSA) is 87.5 Å². The summed E-state index contributed by atoms with van der Waals surface area (Å²) in [5.41, 5.74) is 2.22. The molecule has 1 unspecified atom stereocenters. The number of carbonyl (C=O) groups is 1. The van der Waals surface area contributed by atoms with Crippen molar-refractivity contribution in [2.45, 2.75) is 45.3 Å². The highest BCUT2D eigenvalue weighted by Gasteiger charge is 2.24. The highest BCUT2D eigenvalue weighted by molar-refractivity contribution is 6.06. The normalized spacial score (nSPS) is 20.1. The maximum atomic E-state index is 13.3. The molecule has 0 aromatic carbocycles. The predicted octanol–water partition coefficient (Wildman–Crippen LogP) is 1.41. The van der Waals surface area contributed by atoms with Gasteiger partial charge >= 0.3 is 0 Å². The summed E-state index contributed by atoms with van der Waals surface area (Å²) in [6.45, 7) is 11.4. The predicted molar refractivity (Wildman–Crippen MR) is 122 cm³/mol. The molecule has 1 atom stereocenters. The summed E-state index contributed by atoms with van der Waals surface area (Å²) in [7, 11) is 2.15. The first-order valence-electron chi connectivity index (χ1n) is 11.5. The maximum absolute atomic E-state index is 13.3. The molecule has 0 saturated carbocycles. The van der Waals surface area contributed by atoms with E-state index in [0.29, 0.717) is 5.56 Å². The number of nitrogens with one attached hydrogen (secondary N) is 2. The fourth-order valence-electron chi connectivity index (χ4n) is 4.40. The number of rotatable bonds is 7. The number of amides is 1. The highest BCUT2D eigenvalue weighted by atomic mass is 16.5. The van der Waals surface area contributed by atoms with Gasteiger partial charge in [-0.3, -0.25) is 9.69 Å². The minimum absolute atomic E-state index is 0.0564. The number of hydrogen-bond acceptors (Lipinski definition) is 7. The first kappa shape index (κ1) is 22.0. The number of aryl methyl sites for hydroxylation is 1. The summed E-state index contributed by atoms with van der Waals surface area (Å²) < 4.78 is 7.36. The van der Waals surface area contributed by atoms with E-state index in [-0.39, 0.29) is 18.0 Å². The van der Waals surface area contributed by atoms with E-state index in [2.05, 4.69) is 44.5 Å². The fourth-order valence-corrected chi connectivity index (χ4v) is 4.40. The molecule has 0 radical (unpaired) electrons. The Morgan fingerprint density at radius 3 is 2.68 bits per heavy atom. The van der Waals surface area contributed by atoms with Gasteiger partial charge in [0, 0.05) is 70.8 Å². The quantitative estimate of drug-likeness (QED) is 0.688. The summed E-state index contributed by atoms with van der Waals surface area (Å²) >= 11 is 0. The molecule has 4 rings (SSSR count). The zero-order valence-electron chi connectivity index (χ0n) is 18.9. The van der Waals surface area contributed by atoms with Crippen molar-refractivity contribution >= 4 is 22.6 Å². The van der Waals surface area contributed by atoms with Crippen LogP contribution in [0.5, 0.6) is 0 Å². The molecule has 1 amide bonds. The van der Waals surface area contributed by atoms with Crippen molar-refractivity contribution in [1.82, 2.24) is 29.9 Å². The Morgan fingerprint density at radius 2 is 1.97 bits per heavy atom. The Bertz CT molecular complexity index is 885. The molecule has 0 spiro atoms. The van der Waals surface area contributed by atoms with Crippen LogP contribution >= 0.6 is 0 Å². The average Bonchev–Trinajstić information content (AvgIpc) is 3.20. The molecule has 2 aliphatic rings. The summed E-state index contributed by atoms with van der Waals surface area (Å²) in [4.78, 5) is 22.6. The molecule has 0 aliphatic carbocycles. The van der Waals surface area contributed by atoms with E-state index in [0.717, 1.165) is 82.0 Å². The second-order valence-electron chi connectivity index (χ2n) is 8.75. The van der Waals surface area contributed by atoms with Gasteiger partial charge < -0.3 is 20.3 Å². The van der Waals surface area contributed by atoms with Crippen molar-refractivity contribution in [2.24, 2.45) is 0 Å². The van der Waals surface area contributed by atoms with E-state index < -0.39 is 0 Å². The monoisotopic (exact) mass is 429 g/mol. The first-order valence-corrected chi connectivity index (χ1v) is 11.5. The van der Waals surface area contributed by atoms with Crippen LogP contribution in [0.2, 0.25) is 0 Å². The summed E-state index contributed by atoms with van der Waals surface area (Å²) in [6, 6.07) is 0.333. The van der Waals surface area contributed by atoms with Crippen LogP contribution in [0.1, 0.15) is 37.0 Å². The molecule has 2 fully saturated rings. The standard InChI is InChI=1S/C22H35N7O2/c1-4-29-21-18(14-24-29)20(26-17-5-11-31-12-6-17)19(13-23-21)22(30)25-16(2)15-28-9-7-27(3)8-10-28/h13-14,16-17H,4-12,15H2,1-3H3,(H,23,26)(H,25,30). The molecule has 2 N–H and O–H groups in total. The lowest BCUT2D eigenvalue weighted by molar-refractivity contribution is 0.0901. The highest BCUT2D eigenvalue weighted by Crippen LogP contribution is 2.28. The minimum atomic E-state index is -0.0881. The number of aromatic nitrogens is 3. The average molecular weight is 430 g/mol. The van der Waals surface area contributed by atoms with Gasteiger partial charge in [-0.2, -0.15) is 5.10 Å². The third kappa shape index (κ3) is 5.16. The lowest BCUT2D eigenvalue weighted by Crippen LogP contribution is -2.49. The fraction of sp³-hybridized carbons (Fsp3) is 0.682. The molecule has 2 aliphatic heterocycles. The Balaban J connectivity index is 1.52. The number of anilines is 1. The van der Waals surface area contributed by atoms with E-state index in [9.17, 15) is 4.79 Å². The molecule has 31 heavy (non-hydrogen) atoms. The van der Waals surface area contributed by atoms with E-state index in [4.69, 9.17) is 4.74 Å². The number of pyridine rings is 1. The van der Waals surface area contributed by atoms with Gasteiger partial charge in [0.05, 0.1) is 22.8 Å². The Labute approximate surface area is 184 Å². The maximum Gasteiger partial charge on any atom is 0.255 e. The second-order valence-corrected chi connectivity index (χ2v) is 8.75. The summed E-state index contributed by atoms with van der Waals surface area (Å²) in [5.74, 6) is -0.0881. The molecular formula is C22H35N7O2. The van der Waals surface area contributed by atoms with E-state index >= 15 is 0 Å². The number of hydrogen-bond donors (Lipinski definition) is 2. The molecule has 9 nitrogen and oxygen atoms in total. The van der Waals surface area contributed by atoms with Gasteiger partial charge in [-0.1, -0.05) is 0 Å². The molecular weight excluding hydrogens is 394 g/mol. The number of carbonyl (C=O) groups excluding carboxylic acids is 1. The second kappa shape index (κ2) is 9.93. The molecule has 0 bridgehead atoms. The molecule has 170 valence electrons. The Hall–Kier alpha value is -2.23. The number of nitrogens with zero attached hydrogens (tertiary/aromatic N) is 5. The van der Waals surface area contributed by atoms with Crippen LogP contribution in [0.4, 0.5) is 5.69 Å². The van der Waals surface area contributed by atoms with Gasteiger partial charge in [-0.05, 0) is 33.7 Å². The van der Waals surface area contributed by atoms with Gasteiger partial charge in [-0.25, -0.2) is 9.67 Å². The lowest BCUT2D eigenvalue weighted by atomic mass is 10.1. The molecule has 2 aromatic rings. The third-order valence-electron chi connectivity index (χ3n) is 6.29. The van der Waals surface area contributed by atoms with Crippen LogP contribution in [-0.2, 0) is 11.3 Å². The van der Waals surface area contributed by atoms with Crippen molar-refractivity contribution in [3.8, 4) is 0 Å². The van der Waals surface area contributed by atoms with Crippen LogP contribution in [0.15, 0.2) is 12.4 Å². The number of piperazine rings is 1. The Morgan fingerprint density at radius 1 is 1.23 bits per heavy atom. The molecule has 2 aromatic heterocycles. The van der Waals surface area contributed by atoms with Crippen molar-refractivity contribution < 1.29 is 9.53 Å². The summed E-state index contributed by atoms with van der Waals surface area (Å²) in [6.07, 6.45) is 5.35. The van der Waals surface area contributed by atoms with Gasteiger partial charge in [0.25, 0.3) is 5.91 Å². The minimum Gasteiger partial charge on any atom is -0.381 e. The third-order valence-corrected chi connectivity index (χ3v) is 6.29.